The second-order valence-corrected chi connectivity index (χ2v) is 8.11. The molecular formula is C16H22N2O4S. The number of hydrogen-bond donors (Lipinski definition) is 0. The molecule has 0 N–H and O–H groups in total. The summed E-state index contributed by atoms with van der Waals surface area (Å²) in [7, 11) is -3.35. The summed E-state index contributed by atoms with van der Waals surface area (Å²) in [5, 5.41) is 0. The molecule has 2 aliphatic heterocycles. The Morgan fingerprint density at radius 1 is 1.17 bits per heavy atom. The number of benzene rings is 1. The van der Waals surface area contributed by atoms with Gasteiger partial charge in [0.15, 0.2) is 0 Å². The normalized spacial score (nSPS) is 23.0. The first-order valence-electron chi connectivity index (χ1n) is 8.01. The average molecular weight is 338 g/mol. The standard InChI is InChI=1S/C16H22N2O4S/c19-16-17(9-11-22-16)10-12-23(20,21)18-8-4-7-15(13-18)14-5-2-1-3-6-14/h1-3,5-6,15H,4,7-13H2. The summed E-state index contributed by atoms with van der Waals surface area (Å²) in [4.78, 5) is 12.9. The third kappa shape index (κ3) is 3.84. The largest absolute Gasteiger partial charge is 0.448 e. The number of nitrogens with zero attached hydrogens (tertiary/aromatic N) is 2. The second-order valence-electron chi connectivity index (χ2n) is 6.03. The van der Waals surface area contributed by atoms with E-state index in [-0.39, 0.29) is 18.2 Å². The van der Waals surface area contributed by atoms with Crippen LogP contribution in [0.25, 0.3) is 0 Å². The molecule has 3 rings (SSSR count). The number of hydrogen-bond acceptors (Lipinski definition) is 4. The molecule has 2 aliphatic rings. The van der Waals surface area contributed by atoms with Gasteiger partial charge in [-0.25, -0.2) is 17.5 Å². The van der Waals surface area contributed by atoms with Gasteiger partial charge in [-0.1, -0.05) is 30.3 Å². The number of cyclic esters (lactones) is 1. The molecule has 126 valence electrons. The number of carbonyl (C=O) groups is 1. The summed E-state index contributed by atoms with van der Waals surface area (Å²) < 4.78 is 31.6. The number of piperidine rings is 1. The highest BCUT2D eigenvalue weighted by molar-refractivity contribution is 7.89. The van der Waals surface area contributed by atoms with Crippen LogP contribution in [0.5, 0.6) is 0 Å². The van der Waals surface area contributed by atoms with E-state index in [4.69, 9.17) is 4.74 Å². The lowest BCUT2D eigenvalue weighted by atomic mass is 9.92. The van der Waals surface area contributed by atoms with E-state index < -0.39 is 16.1 Å². The first-order valence-corrected chi connectivity index (χ1v) is 9.62. The first-order chi connectivity index (χ1) is 11.1. The van der Waals surface area contributed by atoms with E-state index in [0.29, 0.717) is 26.2 Å². The minimum Gasteiger partial charge on any atom is -0.448 e. The number of ether oxygens (including phenoxy) is 1. The highest BCUT2D eigenvalue weighted by Crippen LogP contribution is 2.28. The molecule has 1 atom stereocenters. The predicted molar refractivity (Wildman–Crippen MR) is 86.7 cm³/mol. The maximum absolute atomic E-state index is 12.6. The van der Waals surface area contributed by atoms with Crippen molar-refractivity contribution in [3.05, 3.63) is 35.9 Å². The van der Waals surface area contributed by atoms with Crippen molar-refractivity contribution in [3.8, 4) is 0 Å². The molecule has 0 spiro atoms. The zero-order valence-corrected chi connectivity index (χ0v) is 13.9. The fourth-order valence-electron chi connectivity index (χ4n) is 3.18. The molecule has 7 heteroatoms. The zero-order valence-electron chi connectivity index (χ0n) is 13.1. The molecule has 0 aliphatic carbocycles. The third-order valence-electron chi connectivity index (χ3n) is 4.51. The fourth-order valence-corrected chi connectivity index (χ4v) is 4.70. The monoisotopic (exact) mass is 338 g/mol. The van der Waals surface area contributed by atoms with Crippen LogP contribution in [0, 0.1) is 0 Å². The van der Waals surface area contributed by atoms with Crippen molar-refractivity contribution in [2.24, 2.45) is 0 Å². The Morgan fingerprint density at radius 3 is 2.65 bits per heavy atom. The van der Waals surface area contributed by atoms with E-state index in [1.165, 1.54) is 10.5 Å². The van der Waals surface area contributed by atoms with Crippen molar-refractivity contribution in [2.45, 2.75) is 18.8 Å². The van der Waals surface area contributed by atoms with Gasteiger partial charge in [0.25, 0.3) is 0 Å². The van der Waals surface area contributed by atoms with Gasteiger partial charge >= 0.3 is 6.09 Å². The van der Waals surface area contributed by atoms with Crippen molar-refractivity contribution in [1.29, 1.82) is 0 Å². The minimum atomic E-state index is -3.35. The van der Waals surface area contributed by atoms with Gasteiger partial charge in [-0.3, -0.25) is 0 Å². The van der Waals surface area contributed by atoms with Gasteiger partial charge in [0.2, 0.25) is 10.0 Å². The molecule has 1 unspecified atom stereocenters. The van der Waals surface area contributed by atoms with Gasteiger partial charge < -0.3 is 9.64 Å². The van der Waals surface area contributed by atoms with Crippen molar-refractivity contribution in [1.82, 2.24) is 9.21 Å². The van der Waals surface area contributed by atoms with Crippen LogP contribution in [-0.2, 0) is 14.8 Å². The van der Waals surface area contributed by atoms with Crippen LogP contribution in [0.2, 0.25) is 0 Å². The molecule has 1 aromatic carbocycles. The van der Waals surface area contributed by atoms with Gasteiger partial charge in [-0.05, 0) is 24.3 Å². The molecule has 0 bridgehead atoms. The van der Waals surface area contributed by atoms with E-state index in [0.717, 1.165) is 12.8 Å². The molecule has 2 saturated heterocycles. The van der Waals surface area contributed by atoms with Crippen LogP contribution in [0.4, 0.5) is 4.79 Å². The average Bonchev–Trinajstić information content (AvgIpc) is 2.99. The molecule has 0 radical (unpaired) electrons. The van der Waals surface area contributed by atoms with Crippen molar-refractivity contribution in [3.63, 3.8) is 0 Å². The van der Waals surface area contributed by atoms with Crippen LogP contribution in [0.15, 0.2) is 30.3 Å². The van der Waals surface area contributed by atoms with E-state index in [2.05, 4.69) is 12.1 Å². The second kappa shape index (κ2) is 6.88. The van der Waals surface area contributed by atoms with Crippen LogP contribution in [0.3, 0.4) is 0 Å². The zero-order chi connectivity index (χ0) is 16.3. The third-order valence-corrected chi connectivity index (χ3v) is 6.33. The van der Waals surface area contributed by atoms with E-state index in [1.54, 1.807) is 4.31 Å². The molecule has 6 nitrogen and oxygen atoms in total. The lowest BCUT2D eigenvalue weighted by Crippen LogP contribution is -2.42. The quantitative estimate of drug-likeness (QED) is 0.819. The van der Waals surface area contributed by atoms with Crippen molar-refractivity contribution >= 4 is 16.1 Å². The van der Waals surface area contributed by atoms with Gasteiger partial charge in [0.1, 0.15) is 6.61 Å². The maximum Gasteiger partial charge on any atom is 0.409 e. The first kappa shape index (κ1) is 16.3. The SMILES string of the molecule is O=C1OCCN1CCS(=O)(=O)N1CCCC(c2ccccc2)C1. The number of rotatable bonds is 5. The molecule has 2 fully saturated rings. The van der Waals surface area contributed by atoms with Crippen LogP contribution >= 0.6 is 0 Å². The molecule has 23 heavy (non-hydrogen) atoms. The smallest absolute Gasteiger partial charge is 0.409 e. The van der Waals surface area contributed by atoms with Crippen molar-refractivity contribution < 1.29 is 17.9 Å². The summed E-state index contributed by atoms with van der Waals surface area (Å²) in [6.07, 6.45) is 1.46. The lowest BCUT2D eigenvalue weighted by molar-refractivity contribution is 0.159. The number of carbonyl (C=O) groups excluding carboxylic acids is 1. The van der Waals surface area contributed by atoms with Gasteiger partial charge in [-0.15, -0.1) is 0 Å². The van der Waals surface area contributed by atoms with Crippen LogP contribution in [0.1, 0.15) is 24.3 Å². The summed E-state index contributed by atoms with van der Waals surface area (Å²) in [6, 6.07) is 10.1. The van der Waals surface area contributed by atoms with E-state index >= 15 is 0 Å². The Labute approximate surface area is 137 Å². The maximum atomic E-state index is 12.6. The van der Waals surface area contributed by atoms with E-state index in [9.17, 15) is 13.2 Å². The number of amides is 1. The Bertz CT molecular complexity index is 647. The van der Waals surface area contributed by atoms with Crippen molar-refractivity contribution in [2.75, 3.05) is 38.5 Å². The highest BCUT2D eigenvalue weighted by Gasteiger charge is 2.31. The fraction of sp³-hybridized carbons (Fsp3) is 0.562. The Hall–Kier alpha value is -1.60. The predicted octanol–water partition coefficient (Wildman–Crippen LogP) is 1.65. The highest BCUT2D eigenvalue weighted by atomic mass is 32.2. The van der Waals surface area contributed by atoms with Gasteiger partial charge in [0, 0.05) is 19.6 Å². The Kier molecular flexibility index (Phi) is 4.87. The molecule has 0 saturated carbocycles. The number of sulfonamides is 1. The van der Waals surface area contributed by atoms with E-state index in [1.807, 2.05) is 18.2 Å². The summed E-state index contributed by atoms with van der Waals surface area (Å²) in [6.45, 7) is 2.11. The van der Waals surface area contributed by atoms with Gasteiger partial charge in [0.05, 0.1) is 12.3 Å². The molecule has 0 aromatic heterocycles. The summed E-state index contributed by atoms with van der Waals surface area (Å²) >= 11 is 0. The summed E-state index contributed by atoms with van der Waals surface area (Å²) in [5.74, 6) is 0.209. The summed E-state index contributed by atoms with van der Waals surface area (Å²) in [5.41, 5.74) is 1.19. The molecular weight excluding hydrogens is 316 g/mol. The minimum absolute atomic E-state index is 0.0381. The Balaban J connectivity index is 1.61. The molecule has 1 amide bonds. The molecule has 2 heterocycles. The topological polar surface area (TPSA) is 66.9 Å². The lowest BCUT2D eigenvalue weighted by Gasteiger charge is -2.32. The van der Waals surface area contributed by atoms with Crippen LogP contribution < -0.4 is 0 Å². The van der Waals surface area contributed by atoms with Gasteiger partial charge in [-0.2, -0.15) is 0 Å². The van der Waals surface area contributed by atoms with Crippen LogP contribution in [-0.4, -0.2) is 62.3 Å². The Morgan fingerprint density at radius 2 is 1.96 bits per heavy atom. The molecule has 1 aromatic rings.